The maximum atomic E-state index is 12.7. The quantitative estimate of drug-likeness (QED) is 0.586. The minimum Gasteiger partial charge on any atom is -0.395 e. The zero-order chi connectivity index (χ0) is 19.0. The van der Waals surface area contributed by atoms with Gasteiger partial charge in [0.1, 0.15) is 11.0 Å². The van der Waals surface area contributed by atoms with Crippen molar-refractivity contribution >= 4 is 24.2 Å². The fourth-order valence-electron chi connectivity index (χ4n) is 3.56. The first kappa shape index (κ1) is 20.2. The smallest absolute Gasteiger partial charge is 0.395 e. The first-order valence-corrected chi connectivity index (χ1v) is 8.84. The molecule has 0 radical (unpaired) electrons. The molecule has 1 amide bonds. The summed E-state index contributed by atoms with van der Waals surface area (Å²) in [7, 11) is 2.01. The van der Waals surface area contributed by atoms with Crippen molar-refractivity contribution < 1.29 is 18.7 Å². The summed E-state index contributed by atoms with van der Waals surface area (Å²) in [6.45, 7) is 3.04. The molecule has 2 aliphatic heterocycles. The van der Waals surface area contributed by atoms with Gasteiger partial charge in [0.25, 0.3) is 5.91 Å². The number of likely N-dealkylation sites (N-methyl/N-ethyl adjacent to an activating group) is 1. The number of aromatic nitrogens is 2. The van der Waals surface area contributed by atoms with Crippen LogP contribution in [0.3, 0.4) is 0 Å². The van der Waals surface area contributed by atoms with Crippen LogP contribution < -0.4 is 5.32 Å². The molecule has 2 fully saturated rings. The van der Waals surface area contributed by atoms with Gasteiger partial charge in [0.05, 0.1) is 12.1 Å². The second kappa shape index (κ2) is 8.25. The lowest BCUT2D eigenvalue weighted by atomic mass is 10.2. The predicted molar refractivity (Wildman–Crippen MR) is 98.2 cm³/mol. The third kappa shape index (κ3) is 3.73. The Bertz CT molecular complexity index is 854. The molecule has 2 aromatic heterocycles. The highest BCUT2D eigenvalue weighted by Crippen LogP contribution is 2.33. The molecule has 28 heavy (non-hydrogen) atoms. The van der Waals surface area contributed by atoms with Gasteiger partial charge >= 0.3 is 5.88 Å². The first-order valence-electron chi connectivity index (χ1n) is 8.84. The molecule has 1 N–H and O–H groups in total. The van der Waals surface area contributed by atoms with Crippen molar-refractivity contribution in [2.24, 2.45) is 0 Å². The molecule has 12 heteroatoms. The molecule has 0 saturated carbocycles. The van der Waals surface area contributed by atoms with Crippen LogP contribution in [0.5, 0.6) is 0 Å². The van der Waals surface area contributed by atoms with Gasteiger partial charge in [0.15, 0.2) is 11.6 Å². The third-order valence-electron chi connectivity index (χ3n) is 5.05. The largest absolute Gasteiger partial charge is 0.433 e. The maximum absolute atomic E-state index is 12.7. The molecule has 2 unspecified atom stereocenters. The number of amides is 1. The second-order valence-corrected chi connectivity index (χ2v) is 6.74. The Kier molecular flexibility index (Phi) is 5.96. The molecular weight excluding hydrogens is 392 g/mol. The minimum atomic E-state index is -0.669. The molecule has 4 rings (SSSR count). The van der Waals surface area contributed by atoms with E-state index < -0.39 is 16.7 Å². The summed E-state index contributed by atoms with van der Waals surface area (Å²) >= 11 is 0. The Labute approximate surface area is 166 Å². The number of carbonyl (C=O) groups excluding carboxylic acids is 1. The number of piperazine rings is 1. The van der Waals surface area contributed by atoms with Crippen molar-refractivity contribution in [1.29, 1.82) is 0 Å². The average Bonchev–Trinajstić information content (AvgIpc) is 3.40. The van der Waals surface area contributed by atoms with Gasteiger partial charge < -0.3 is 19.2 Å². The SMILES string of the molecule is CN1CCNCC1c1noc(C2CCCN2C(=O)c2ccc([N+](=O)[O-])o2)n1.Cl. The Morgan fingerprint density at radius 2 is 2.18 bits per heavy atom. The highest BCUT2D eigenvalue weighted by atomic mass is 35.5. The lowest BCUT2D eigenvalue weighted by Crippen LogP contribution is -2.44. The van der Waals surface area contributed by atoms with E-state index in [0.29, 0.717) is 24.7 Å². The lowest BCUT2D eigenvalue weighted by molar-refractivity contribution is -0.402. The summed E-state index contributed by atoms with van der Waals surface area (Å²) in [5, 5.41) is 18.2. The number of nitrogens with one attached hydrogen (secondary N) is 1. The average molecular weight is 413 g/mol. The Hall–Kier alpha value is -2.50. The van der Waals surface area contributed by atoms with E-state index >= 15 is 0 Å². The van der Waals surface area contributed by atoms with E-state index in [1.54, 1.807) is 4.90 Å². The van der Waals surface area contributed by atoms with Crippen molar-refractivity contribution in [2.45, 2.75) is 24.9 Å². The van der Waals surface area contributed by atoms with Gasteiger partial charge in [0, 0.05) is 26.2 Å². The number of halogens is 1. The van der Waals surface area contributed by atoms with Crippen LogP contribution >= 0.6 is 12.4 Å². The highest BCUT2D eigenvalue weighted by molar-refractivity contribution is 5.92. The summed E-state index contributed by atoms with van der Waals surface area (Å²) in [6, 6.07) is 2.16. The van der Waals surface area contributed by atoms with Crippen molar-refractivity contribution in [2.75, 3.05) is 33.2 Å². The maximum Gasteiger partial charge on any atom is 0.433 e. The lowest BCUT2D eigenvalue weighted by Gasteiger charge is -2.30. The molecule has 11 nitrogen and oxygen atoms in total. The van der Waals surface area contributed by atoms with Gasteiger partial charge in [-0.1, -0.05) is 5.16 Å². The Morgan fingerprint density at radius 1 is 1.36 bits per heavy atom. The van der Waals surface area contributed by atoms with Crippen LogP contribution in [0.1, 0.15) is 47.2 Å². The van der Waals surface area contributed by atoms with E-state index in [1.165, 1.54) is 12.1 Å². The molecule has 0 aromatic carbocycles. The molecule has 2 atom stereocenters. The van der Waals surface area contributed by atoms with E-state index in [0.717, 1.165) is 26.1 Å². The van der Waals surface area contributed by atoms with Crippen LogP contribution in [0.2, 0.25) is 0 Å². The number of hydrogen-bond acceptors (Lipinski definition) is 9. The first-order chi connectivity index (χ1) is 13.0. The second-order valence-electron chi connectivity index (χ2n) is 6.74. The normalized spacial score (nSPS) is 22.8. The predicted octanol–water partition coefficient (Wildman–Crippen LogP) is 1.55. The topological polar surface area (TPSA) is 131 Å². The van der Waals surface area contributed by atoms with Crippen molar-refractivity contribution in [1.82, 2.24) is 25.3 Å². The molecule has 152 valence electrons. The fraction of sp³-hybridized carbons (Fsp3) is 0.562. The number of carbonyl (C=O) groups is 1. The molecule has 2 aromatic rings. The Morgan fingerprint density at radius 3 is 2.89 bits per heavy atom. The van der Waals surface area contributed by atoms with Crippen LogP contribution in [0.15, 0.2) is 21.1 Å². The van der Waals surface area contributed by atoms with Gasteiger partial charge in [-0.05, 0) is 26.0 Å². The van der Waals surface area contributed by atoms with E-state index in [9.17, 15) is 14.9 Å². The third-order valence-corrected chi connectivity index (χ3v) is 5.05. The van der Waals surface area contributed by atoms with Gasteiger partial charge in [-0.2, -0.15) is 4.98 Å². The number of furan rings is 1. The van der Waals surface area contributed by atoms with Gasteiger partial charge in [0.2, 0.25) is 5.89 Å². The molecule has 0 spiro atoms. The molecule has 0 aliphatic carbocycles. The number of likely N-dealkylation sites (tertiary alicyclic amines) is 1. The summed E-state index contributed by atoms with van der Waals surface area (Å²) in [6.07, 6.45) is 1.47. The Balaban J connectivity index is 0.00000225. The minimum absolute atomic E-state index is 0. The van der Waals surface area contributed by atoms with Gasteiger partial charge in [-0.25, -0.2) is 0 Å². The number of rotatable bonds is 4. The molecule has 4 heterocycles. The van der Waals surface area contributed by atoms with Crippen molar-refractivity contribution in [3.05, 3.63) is 39.7 Å². The number of hydrogen-bond donors (Lipinski definition) is 1. The molecular formula is C16H21ClN6O5. The fourth-order valence-corrected chi connectivity index (χ4v) is 3.56. The number of nitro groups is 1. The van der Waals surface area contributed by atoms with E-state index in [4.69, 9.17) is 8.94 Å². The van der Waals surface area contributed by atoms with Gasteiger partial charge in [-0.3, -0.25) is 19.8 Å². The summed E-state index contributed by atoms with van der Waals surface area (Å²) < 4.78 is 10.5. The van der Waals surface area contributed by atoms with Crippen LogP contribution in [-0.4, -0.2) is 64.0 Å². The monoisotopic (exact) mass is 412 g/mol. The van der Waals surface area contributed by atoms with Crippen LogP contribution in [0.4, 0.5) is 5.88 Å². The number of nitrogens with zero attached hydrogens (tertiary/aromatic N) is 5. The molecule has 2 aliphatic rings. The summed E-state index contributed by atoms with van der Waals surface area (Å²) in [5.74, 6) is 0.0388. The highest BCUT2D eigenvalue weighted by Gasteiger charge is 2.37. The molecule has 0 bridgehead atoms. The zero-order valence-electron chi connectivity index (χ0n) is 15.2. The van der Waals surface area contributed by atoms with Crippen LogP contribution in [0, 0.1) is 10.1 Å². The summed E-state index contributed by atoms with van der Waals surface area (Å²) in [4.78, 5) is 31.1. The van der Waals surface area contributed by atoms with Crippen molar-refractivity contribution in [3.63, 3.8) is 0 Å². The van der Waals surface area contributed by atoms with E-state index in [2.05, 4.69) is 20.4 Å². The van der Waals surface area contributed by atoms with Gasteiger partial charge in [-0.15, -0.1) is 12.4 Å². The van der Waals surface area contributed by atoms with E-state index in [-0.39, 0.29) is 30.3 Å². The van der Waals surface area contributed by atoms with E-state index in [1.807, 2.05) is 7.05 Å². The standard InChI is InChI=1S/C16H20N6O5.ClH/c1-20-8-6-17-9-11(20)14-18-15(27-19-14)10-3-2-7-21(10)16(23)12-4-5-13(26-12)22(24)25;/h4-5,10-11,17H,2-3,6-9H2,1H3;1H. The molecule has 2 saturated heterocycles. The van der Waals surface area contributed by atoms with Crippen molar-refractivity contribution in [3.8, 4) is 0 Å². The van der Waals surface area contributed by atoms with Crippen LogP contribution in [0.25, 0.3) is 0 Å². The van der Waals surface area contributed by atoms with Crippen LogP contribution in [-0.2, 0) is 0 Å². The summed E-state index contributed by atoms with van der Waals surface area (Å²) in [5.41, 5.74) is 0. The zero-order valence-corrected chi connectivity index (χ0v) is 16.1.